The summed E-state index contributed by atoms with van der Waals surface area (Å²) in [4.78, 5) is 2.54. The quantitative estimate of drug-likeness (QED) is 0.771. The van der Waals surface area contributed by atoms with E-state index in [-0.39, 0.29) is 0 Å². The van der Waals surface area contributed by atoms with Gasteiger partial charge in [-0.1, -0.05) is 0 Å². The third-order valence-corrected chi connectivity index (χ3v) is 4.67. The van der Waals surface area contributed by atoms with Gasteiger partial charge in [-0.3, -0.25) is 4.90 Å². The van der Waals surface area contributed by atoms with E-state index in [1.54, 1.807) is 0 Å². The van der Waals surface area contributed by atoms with Crippen LogP contribution in [0.3, 0.4) is 0 Å². The van der Waals surface area contributed by atoms with E-state index in [1.807, 2.05) is 0 Å². The number of aliphatic hydroxyl groups is 1. The second-order valence-corrected chi connectivity index (χ2v) is 5.95. The van der Waals surface area contributed by atoms with Crippen LogP contribution in [-0.4, -0.2) is 47.4 Å². The lowest BCUT2D eigenvalue weighted by atomic mass is 9.80. The Morgan fingerprint density at radius 2 is 1.88 bits per heavy atom. The van der Waals surface area contributed by atoms with Gasteiger partial charge in [0.15, 0.2) is 0 Å². The highest BCUT2D eigenvalue weighted by molar-refractivity contribution is 5.03. The zero-order valence-electron chi connectivity index (χ0n) is 10.2. The van der Waals surface area contributed by atoms with Crippen LogP contribution >= 0.6 is 0 Å². The number of likely N-dealkylation sites (tertiary alicyclic amines) is 1. The Labute approximate surface area is 97.8 Å². The fourth-order valence-electron chi connectivity index (χ4n) is 3.59. The van der Waals surface area contributed by atoms with Crippen LogP contribution in [0.1, 0.15) is 39.0 Å². The van der Waals surface area contributed by atoms with Gasteiger partial charge in [0, 0.05) is 31.8 Å². The lowest BCUT2D eigenvalue weighted by Crippen LogP contribution is -2.43. The first-order chi connectivity index (χ1) is 7.69. The Kier molecular flexibility index (Phi) is 2.73. The number of hydrogen-bond donors (Lipinski definition) is 1. The maximum atomic E-state index is 10.8. The minimum absolute atomic E-state index is 0.425. The lowest BCUT2D eigenvalue weighted by molar-refractivity contribution is -0.0584. The maximum absolute atomic E-state index is 10.8. The second kappa shape index (κ2) is 3.97. The Balaban J connectivity index is 1.68. The van der Waals surface area contributed by atoms with Crippen molar-refractivity contribution in [1.29, 1.82) is 0 Å². The summed E-state index contributed by atoms with van der Waals surface area (Å²) >= 11 is 0. The third kappa shape index (κ3) is 1.89. The third-order valence-electron chi connectivity index (χ3n) is 4.67. The molecule has 2 aliphatic heterocycles. The van der Waals surface area contributed by atoms with E-state index in [4.69, 9.17) is 4.74 Å². The SMILES string of the molecule is CC1CC(O)(C2CCOCC2)CN1C1CC1. The van der Waals surface area contributed by atoms with E-state index in [0.29, 0.717) is 12.0 Å². The molecule has 0 amide bonds. The molecule has 3 rings (SSSR count). The number of ether oxygens (including phenoxy) is 1. The van der Waals surface area contributed by atoms with E-state index in [2.05, 4.69) is 11.8 Å². The molecule has 0 aromatic heterocycles. The Morgan fingerprint density at radius 1 is 1.19 bits per heavy atom. The molecule has 2 unspecified atom stereocenters. The molecule has 92 valence electrons. The lowest BCUT2D eigenvalue weighted by Gasteiger charge is -2.35. The van der Waals surface area contributed by atoms with Crippen molar-refractivity contribution >= 4 is 0 Å². The molecule has 3 heteroatoms. The van der Waals surface area contributed by atoms with Crippen molar-refractivity contribution in [3.8, 4) is 0 Å². The van der Waals surface area contributed by atoms with E-state index in [1.165, 1.54) is 12.8 Å². The minimum Gasteiger partial charge on any atom is -0.388 e. The van der Waals surface area contributed by atoms with Gasteiger partial charge in [0.05, 0.1) is 5.60 Å². The predicted octanol–water partition coefficient (Wildman–Crippen LogP) is 1.40. The molecule has 16 heavy (non-hydrogen) atoms. The highest BCUT2D eigenvalue weighted by Crippen LogP contribution is 2.42. The Bertz CT molecular complexity index is 261. The van der Waals surface area contributed by atoms with Gasteiger partial charge in [0.25, 0.3) is 0 Å². The summed E-state index contributed by atoms with van der Waals surface area (Å²) in [6.07, 6.45) is 5.74. The number of nitrogens with zero attached hydrogens (tertiary/aromatic N) is 1. The Hall–Kier alpha value is -0.120. The molecule has 3 nitrogen and oxygen atoms in total. The van der Waals surface area contributed by atoms with Crippen LogP contribution in [-0.2, 0) is 4.74 Å². The highest BCUT2D eigenvalue weighted by Gasteiger charge is 2.49. The molecule has 0 bridgehead atoms. The van der Waals surface area contributed by atoms with Crippen LogP contribution in [0.2, 0.25) is 0 Å². The van der Waals surface area contributed by atoms with Gasteiger partial charge < -0.3 is 9.84 Å². The summed E-state index contributed by atoms with van der Waals surface area (Å²) in [6.45, 7) is 4.86. The minimum atomic E-state index is -0.425. The van der Waals surface area contributed by atoms with E-state index < -0.39 is 5.60 Å². The summed E-state index contributed by atoms with van der Waals surface area (Å²) in [5.41, 5.74) is -0.425. The van der Waals surface area contributed by atoms with Crippen molar-refractivity contribution in [2.45, 2.75) is 56.7 Å². The topological polar surface area (TPSA) is 32.7 Å². The van der Waals surface area contributed by atoms with Gasteiger partial charge in [-0.15, -0.1) is 0 Å². The first-order valence-corrected chi connectivity index (χ1v) is 6.75. The summed E-state index contributed by atoms with van der Waals surface area (Å²) < 4.78 is 5.39. The van der Waals surface area contributed by atoms with Crippen LogP contribution < -0.4 is 0 Å². The molecular formula is C13H23NO2. The normalized spacial score (nSPS) is 42.8. The van der Waals surface area contributed by atoms with Gasteiger partial charge in [-0.05, 0) is 44.9 Å². The molecule has 0 aromatic carbocycles. The molecule has 2 heterocycles. The summed E-state index contributed by atoms with van der Waals surface area (Å²) in [5, 5.41) is 10.8. The standard InChI is InChI=1S/C13H23NO2/c1-10-8-13(15,9-14(10)12-2-3-12)11-4-6-16-7-5-11/h10-12,15H,2-9H2,1H3. The molecule has 3 aliphatic rings. The molecule has 1 saturated carbocycles. The zero-order valence-corrected chi connectivity index (χ0v) is 10.2. The van der Waals surface area contributed by atoms with Crippen LogP contribution in [0.4, 0.5) is 0 Å². The van der Waals surface area contributed by atoms with Crippen molar-refractivity contribution in [1.82, 2.24) is 4.90 Å². The van der Waals surface area contributed by atoms with E-state index in [0.717, 1.165) is 45.1 Å². The zero-order chi connectivity index (χ0) is 11.2. The molecule has 2 saturated heterocycles. The van der Waals surface area contributed by atoms with Crippen molar-refractivity contribution in [2.24, 2.45) is 5.92 Å². The van der Waals surface area contributed by atoms with Crippen molar-refractivity contribution < 1.29 is 9.84 Å². The fraction of sp³-hybridized carbons (Fsp3) is 1.00. The van der Waals surface area contributed by atoms with Crippen molar-refractivity contribution in [3.63, 3.8) is 0 Å². The monoisotopic (exact) mass is 225 g/mol. The fourth-order valence-corrected chi connectivity index (χ4v) is 3.59. The largest absolute Gasteiger partial charge is 0.388 e. The first-order valence-electron chi connectivity index (χ1n) is 6.75. The van der Waals surface area contributed by atoms with Crippen molar-refractivity contribution in [2.75, 3.05) is 19.8 Å². The molecule has 3 fully saturated rings. The molecule has 1 N–H and O–H groups in total. The molecule has 1 aliphatic carbocycles. The molecule has 0 spiro atoms. The van der Waals surface area contributed by atoms with E-state index >= 15 is 0 Å². The number of β-amino-alcohol motifs (C(OH)–C–C–N with tert-alkyl or cyclic N) is 1. The summed E-state index contributed by atoms with van der Waals surface area (Å²) in [6, 6.07) is 1.35. The average Bonchev–Trinajstić information content (AvgIpc) is 3.07. The summed E-state index contributed by atoms with van der Waals surface area (Å²) in [7, 11) is 0. The molecule has 2 atom stereocenters. The molecular weight excluding hydrogens is 202 g/mol. The highest BCUT2D eigenvalue weighted by atomic mass is 16.5. The molecule has 0 aromatic rings. The maximum Gasteiger partial charge on any atom is 0.0818 e. The van der Waals surface area contributed by atoms with Gasteiger partial charge in [0.2, 0.25) is 0 Å². The van der Waals surface area contributed by atoms with Gasteiger partial charge >= 0.3 is 0 Å². The number of hydrogen-bond acceptors (Lipinski definition) is 3. The smallest absolute Gasteiger partial charge is 0.0818 e. The van der Waals surface area contributed by atoms with Gasteiger partial charge in [0.1, 0.15) is 0 Å². The summed E-state index contributed by atoms with van der Waals surface area (Å²) in [5.74, 6) is 0.465. The first kappa shape index (κ1) is 11.0. The van der Waals surface area contributed by atoms with Gasteiger partial charge in [-0.25, -0.2) is 0 Å². The van der Waals surface area contributed by atoms with Crippen LogP contribution in [0.15, 0.2) is 0 Å². The van der Waals surface area contributed by atoms with Crippen molar-refractivity contribution in [3.05, 3.63) is 0 Å². The Morgan fingerprint density at radius 3 is 2.50 bits per heavy atom. The molecule has 0 radical (unpaired) electrons. The van der Waals surface area contributed by atoms with Gasteiger partial charge in [-0.2, -0.15) is 0 Å². The van der Waals surface area contributed by atoms with E-state index in [9.17, 15) is 5.11 Å². The van der Waals surface area contributed by atoms with Crippen LogP contribution in [0.5, 0.6) is 0 Å². The average molecular weight is 225 g/mol. The van der Waals surface area contributed by atoms with Crippen LogP contribution in [0.25, 0.3) is 0 Å². The van der Waals surface area contributed by atoms with Crippen LogP contribution in [0, 0.1) is 5.92 Å². The number of rotatable bonds is 2. The predicted molar refractivity (Wildman–Crippen MR) is 62.3 cm³/mol. The second-order valence-electron chi connectivity index (χ2n) is 5.95.